The van der Waals surface area contributed by atoms with Gasteiger partial charge in [-0.2, -0.15) is 13.2 Å². The fourth-order valence-corrected chi connectivity index (χ4v) is 3.78. The van der Waals surface area contributed by atoms with Gasteiger partial charge in [0.05, 0.1) is 19.2 Å². The van der Waals surface area contributed by atoms with Crippen molar-refractivity contribution in [1.82, 2.24) is 15.3 Å². The zero-order valence-corrected chi connectivity index (χ0v) is 15.1. The Labute approximate surface area is 155 Å². The van der Waals surface area contributed by atoms with Crippen LogP contribution in [0.5, 0.6) is 0 Å². The number of ether oxygens (including phenoxy) is 2. The second kappa shape index (κ2) is 7.97. The van der Waals surface area contributed by atoms with E-state index in [2.05, 4.69) is 15.3 Å². The maximum Gasteiger partial charge on any atom is 0.433 e. The van der Waals surface area contributed by atoms with Crippen molar-refractivity contribution >= 4 is 11.9 Å². The minimum Gasteiger partial charge on any atom is -0.375 e. The third-order valence-corrected chi connectivity index (χ3v) is 5.01. The highest BCUT2D eigenvalue weighted by Gasteiger charge is 2.46. The molecular weight excluding hydrogens is 365 g/mol. The van der Waals surface area contributed by atoms with Gasteiger partial charge in [-0.3, -0.25) is 4.79 Å². The number of carbonyl (C=O) groups is 1. The van der Waals surface area contributed by atoms with Gasteiger partial charge in [0.25, 0.3) is 0 Å². The lowest BCUT2D eigenvalue weighted by molar-refractivity contribution is -0.141. The van der Waals surface area contributed by atoms with E-state index in [-0.39, 0.29) is 24.5 Å². The molecule has 2 heterocycles. The van der Waals surface area contributed by atoms with Gasteiger partial charge in [-0.1, -0.05) is 12.8 Å². The molecule has 2 atom stereocenters. The van der Waals surface area contributed by atoms with Crippen LogP contribution in [0.3, 0.4) is 0 Å². The molecule has 1 aromatic heterocycles. The minimum atomic E-state index is -4.52. The summed E-state index contributed by atoms with van der Waals surface area (Å²) >= 11 is 0. The molecule has 1 amide bonds. The minimum absolute atomic E-state index is 0.0278. The topological polar surface area (TPSA) is 76.6 Å². The van der Waals surface area contributed by atoms with Gasteiger partial charge in [-0.05, 0) is 18.9 Å². The average molecular weight is 388 g/mol. The molecule has 1 aliphatic heterocycles. The molecule has 2 fully saturated rings. The second-order valence-electron chi connectivity index (χ2n) is 6.87. The smallest absolute Gasteiger partial charge is 0.375 e. The van der Waals surface area contributed by atoms with E-state index in [0.29, 0.717) is 26.1 Å². The van der Waals surface area contributed by atoms with Crippen LogP contribution in [-0.2, 0) is 20.4 Å². The van der Waals surface area contributed by atoms with Gasteiger partial charge >= 0.3 is 6.18 Å². The Bertz CT molecular complexity index is 669. The first-order valence-corrected chi connectivity index (χ1v) is 8.91. The summed E-state index contributed by atoms with van der Waals surface area (Å²) in [6, 6.07) is 0.621. The number of halogens is 3. The predicted molar refractivity (Wildman–Crippen MR) is 90.2 cm³/mol. The van der Waals surface area contributed by atoms with Gasteiger partial charge in [0.1, 0.15) is 17.9 Å². The van der Waals surface area contributed by atoms with Gasteiger partial charge in [0, 0.05) is 19.9 Å². The van der Waals surface area contributed by atoms with Crippen molar-refractivity contribution in [3.63, 3.8) is 0 Å². The highest BCUT2D eigenvalue weighted by Crippen LogP contribution is 2.36. The lowest BCUT2D eigenvalue weighted by Crippen LogP contribution is -2.64. The zero-order chi connectivity index (χ0) is 19.5. The summed E-state index contributed by atoms with van der Waals surface area (Å²) in [5, 5.41) is 2.95. The number of nitrogens with one attached hydrogen (secondary N) is 1. The number of alkyl halides is 3. The van der Waals surface area contributed by atoms with Crippen LogP contribution in [0.25, 0.3) is 0 Å². The number of methoxy groups -OCH3 is 1. The summed E-state index contributed by atoms with van der Waals surface area (Å²) < 4.78 is 49.8. The second-order valence-corrected chi connectivity index (χ2v) is 6.87. The molecule has 0 bridgehead atoms. The number of aromatic nitrogens is 2. The first kappa shape index (κ1) is 19.8. The summed E-state index contributed by atoms with van der Waals surface area (Å²) in [5.74, 6) is -0.208. The SMILES string of the molecule is COCC(=O)NC1CCCCC12CN(c1nccc(C(F)(F)F)n1)CCO2. The monoisotopic (exact) mass is 388 g/mol. The Morgan fingerprint density at radius 3 is 3.04 bits per heavy atom. The Kier molecular flexibility index (Phi) is 5.85. The van der Waals surface area contributed by atoms with E-state index < -0.39 is 17.5 Å². The first-order valence-electron chi connectivity index (χ1n) is 8.91. The Hall–Kier alpha value is -1.94. The number of amides is 1. The van der Waals surface area contributed by atoms with Crippen molar-refractivity contribution in [2.24, 2.45) is 0 Å². The molecule has 2 unspecified atom stereocenters. The first-order chi connectivity index (χ1) is 12.8. The van der Waals surface area contributed by atoms with Crippen molar-refractivity contribution in [2.75, 3.05) is 38.3 Å². The predicted octanol–water partition coefficient (Wildman–Crippen LogP) is 1.78. The molecule has 1 saturated heterocycles. The molecule has 7 nitrogen and oxygen atoms in total. The van der Waals surface area contributed by atoms with E-state index in [4.69, 9.17) is 9.47 Å². The molecule has 2 aliphatic rings. The van der Waals surface area contributed by atoms with Crippen LogP contribution in [0.2, 0.25) is 0 Å². The normalized spacial score (nSPS) is 26.2. The van der Waals surface area contributed by atoms with Crippen LogP contribution in [0.15, 0.2) is 12.3 Å². The van der Waals surface area contributed by atoms with Crippen molar-refractivity contribution in [1.29, 1.82) is 0 Å². The molecule has 27 heavy (non-hydrogen) atoms. The summed E-state index contributed by atoms with van der Waals surface area (Å²) in [6.45, 7) is 0.997. The number of hydrogen-bond donors (Lipinski definition) is 1. The van der Waals surface area contributed by atoms with Crippen LogP contribution in [0.4, 0.5) is 19.1 Å². The molecule has 1 aromatic rings. The number of anilines is 1. The summed E-state index contributed by atoms with van der Waals surface area (Å²) in [5.41, 5.74) is -1.64. The molecule has 3 rings (SSSR count). The largest absolute Gasteiger partial charge is 0.433 e. The number of hydrogen-bond acceptors (Lipinski definition) is 6. The van der Waals surface area contributed by atoms with Crippen LogP contribution in [0, 0.1) is 0 Å². The maximum atomic E-state index is 13.0. The maximum absolute atomic E-state index is 13.0. The number of nitrogens with zero attached hydrogens (tertiary/aromatic N) is 3. The van der Waals surface area contributed by atoms with Crippen LogP contribution in [0.1, 0.15) is 31.4 Å². The molecule has 0 radical (unpaired) electrons. The third-order valence-electron chi connectivity index (χ3n) is 5.01. The van der Waals surface area contributed by atoms with E-state index in [1.165, 1.54) is 7.11 Å². The van der Waals surface area contributed by atoms with Crippen LogP contribution in [-0.4, -0.2) is 60.9 Å². The van der Waals surface area contributed by atoms with Crippen molar-refractivity contribution in [3.05, 3.63) is 18.0 Å². The highest BCUT2D eigenvalue weighted by molar-refractivity contribution is 5.77. The Morgan fingerprint density at radius 2 is 2.30 bits per heavy atom. The number of rotatable bonds is 4. The van der Waals surface area contributed by atoms with Gasteiger partial charge < -0.3 is 19.7 Å². The van der Waals surface area contributed by atoms with Crippen LogP contribution < -0.4 is 10.2 Å². The lowest BCUT2D eigenvalue weighted by atomic mass is 9.79. The van der Waals surface area contributed by atoms with Gasteiger partial charge in [-0.15, -0.1) is 0 Å². The fourth-order valence-electron chi connectivity index (χ4n) is 3.78. The molecule has 1 saturated carbocycles. The van der Waals surface area contributed by atoms with E-state index >= 15 is 0 Å². The molecule has 1 aliphatic carbocycles. The quantitative estimate of drug-likeness (QED) is 0.847. The lowest BCUT2D eigenvalue weighted by Gasteiger charge is -2.49. The number of carbonyl (C=O) groups excluding carboxylic acids is 1. The van der Waals surface area contributed by atoms with Crippen molar-refractivity contribution in [2.45, 2.75) is 43.5 Å². The van der Waals surface area contributed by atoms with Crippen LogP contribution >= 0.6 is 0 Å². The molecule has 150 valence electrons. The number of morpholine rings is 1. The molecule has 1 spiro atoms. The van der Waals surface area contributed by atoms with Gasteiger partial charge in [0.15, 0.2) is 0 Å². The molecular formula is C17H23F3N4O3. The molecule has 0 aromatic carbocycles. The molecule has 1 N–H and O–H groups in total. The average Bonchev–Trinajstić information content (AvgIpc) is 2.64. The zero-order valence-electron chi connectivity index (χ0n) is 15.1. The summed E-state index contributed by atoms with van der Waals surface area (Å²) in [7, 11) is 1.44. The van der Waals surface area contributed by atoms with E-state index in [9.17, 15) is 18.0 Å². The highest BCUT2D eigenvalue weighted by atomic mass is 19.4. The summed E-state index contributed by atoms with van der Waals surface area (Å²) in [4.78, 5) is 21.4. The van der Waals surface area contributed by atoms with E-state index in [0.717, 1.165) is 31.5 Å². The van der Waals surface area contributed by atoms with Gasteiger partial charge in [0.2, 0.25) is 11.9 Å². The fraction of sp³-hybridized carbons (Fsp3) is 0.706. The molecule has 10 heteroatoms. The van der Waals surface area contributed by atoms with E-state index in [1.807, 2.05) is 0 Å². The van der Waals surface area contributed by atoms with E-state index in [1.54, 1.807) is 4.90 Å². The third kappa shape index (κ3) is 4.49. The van der Waals surface area contributed by atoms with Crippen molar-refractivity contribution < 1.29 is 27.4 Å². The van der Waals surface area contributed by atoms with Gasteiger partial charge in [-0.25, -0.2) is 9.97 Å². The summed E-state index contributed by atoms with van der Waals surface area (Å²) in [6.07, 6.45) is -0.0840. The Morgan fingerprint density at radius 1 is 1.48 bits per heavy atom. The van der Waals surface area contributed by atoms with Crippen molar-refractivity contribution in [3.8, 4) is 0 Å². The Balaban J connectivity index is 1.80. The standard InChI is InChI=1S/C17H23F3N4O3/c1-26-10-14(25)22-12-4-2-3-6-16(12)11-24(8-9-27-16)15-21-7-5-13(23-15)17(18,19)20/h5,7,12H,2-4,6,8-11H2,1H3,(H,22,25).